The van der Waals surface area contributed by atoms with E-state index < -0.39 is 0 Å². The fourth-order valence-corrected chi connectivity index (χ4v) is 3.10. The summed E-state index contributed by atoms with van der Waals surface area (Å²) in [6.07, 6.45) is 7.96. The van der Waals surface area contributed by atoms with Crippen LogP contribution in [0.5, 0.6) is 0 Å². The zero-order valence-electron chi connectivity index (χ0n) is 11.3. The van der Waals surface area contributed by atoms with Crippen LogP contribution in [0.1, 0.15) is 47.5 Å². The fraction of sp³-hybridized carbons (Fsp3) is 0.857. The summed E-state index contributed by atoms with van der Waals surface area (Å²) in [5.74, 6) is 2.78. The van der Waals surface area contributed by atoms with E-state index in [2.05, 4.69) is 45.4 Å². The Balaban J connectivity index is 2.85. The second-order valence-corrected chi connectivity index (χ2v) is 5.90. The van der Waals surface area contributed by atoms with E-state index in [1.54, 1.807) is 0 Å². The predicted molar refractivity (Wildman–Crippen MR) is 68.3 cm³/mol. The molecule has 1 fully saturated rings. The molecule has 2 heteroatoms. The molecule has 0 aromatic carbocycles. The monoisotopic (exact) mass is 223 g/mol. The summed E-state index contributed by atoms with van der Waals surface area (Å²) >= 11 is 0. The minimum Gasteiger partial charge on any atom is -0.378 e. The Bertz CT molecular complexity index is 257. The summed E-state index contributed by atoms with van der Waals surface area (Å²) in [6, 6.07) is 0. The van der Waals surface area contributed by atoms with Gasteiger partial charge in [-0.1, -0.05) is 5.92 Å². The van der Waals surface area contributed by atoms with Crippen LogP contribution in [0.25, 0.3) is 0 Å². The van der Waals surface area contributed by atoms with Crippen LogP contribution in [0.3, 0.4) is 0 Å². The van der Waals surface area contributed by atoms with Gasteiger partial charge in [0, 0.05) is 17.7 Å². The highest BCUT2D eigenvalue weighted by atomic mass is 16.5. The highest BCUT2D eigenvalue weighted by Crippen LogP contribution is 2.39. The van der Waals surface area contributed by atoms with Crippen LogP contribution in [0, 0.1) is 12.3 Å². The first-order valence-corrected chi connectivity index (χ1v) is 6.16. The molecule has 0 atom stereocenters. The van der Waals surface area contributed by atoms with Crippen LogP contribution in [-0.4, -0.2) is 35.2 Å². The molecule has 0 radical (unpaired) electrons. The van der Waals surface area contributed by atoms with Crippen molar-refractivity contribution in [1.82, 2.24) is 4.90 Å². The highest BCUT2D eigenvalue weighted by molar-refractivity contribution is 5.05. The lowest BCUT2D eigenvalue weighted by Crippen LogP contribution is -2.62. The molecule has 0 bridgehead atoms. The van der Waals surface area contributed by atoms with Crippen molar-refractivity contribution < 1.29 is 4.74 Å². The van der Waals surface area contributed by atoms with E-state index in [1.165, 1.54) is 0 Å². The molecule has 92 valence electrons. The Morgan fingerprint density at radius 1 is 1.25 bits per heavy atom. The predicted octanol–water partition coefficient (Wildman–Crippen LogP) is 2.68. The molecule has 0 unspecified atom stereocenters. The van der Waals surface area contributed by atoms with Crippen molar-refractivity contribution in [2.75, 3.05) is 13.2 Å². The fourth-order valence-electron chi connectivity index (χ4n) is 3.10. The molecule has 1 aliphatic rings. The van der Waals surface area contributed by atoms with Gasteiger partial charge in [-0.3, -0.25) is 4.90 Å². The van der Waals surface area contributed by atoms with Crippen LogP contribution in [0.15, 0.2) is 0 Å². The quantitative estimate of drug-likeness (QED) is 0.682. The highest BCUT2D eigenvalue weighted by Gasteiger charge is 2.44. The van der Waals surface area contributed by atoms with Crippen molar-refractivity contribution in [3.05, 3.63) is 0 Å². The first-order chi connectivity index (χ1) is 7.33. The van der Waals surface area contributed by atoms with Gasteiger partial charge >= 0.3 is 0 Å². The van der Waals surface area contributed by atoms with Crippen LogP contribution in [0.4, 0.5) is 0 Å². The van der Waals surface area contributed by atoms with E-state index in [1.807, 2.05) is 0 Å². The molecule has 0 aromatic heterocycles. The minimum atomic E-state index is 0.119. The lowest BCUT2D eigenvalue weighted by atomic mass is 9.78. The molecule has 0 spiro atoms. The van der Waals surface area contributed by atoms with Crippen LogP contribution >= 0.6 is 0 Å². The summed E-state index contributed by atoms with van der Waals surface area (Å²) in [5, 5.41) is 0. The van der Waals surface area contributed by atoms with Gasteiger partial charge in [-0.05, 0) is 47.5 Å². The molecule has 2 nitrogen and oxygen atoms in total. The molecule has 0 N–H and O–H groups in total. The molecule has 0 saturated carbocycles. The third kappa shape index (κ3) is 2.78. The maximum Gasteiger partial charge on any atom is 0.0609 e. The third-order valence-corrected chi connectivity index (χ3v) is 3.57. The number of hydrogen-bond donors (Lipinski definition) is 0. The van der Waals surface area contributed by atoms with Gasteiger partial charge in [0.05, 0.1) is 12.6 Å². The number of likely N-dealkylation sites (tertiary alicyclic amines) is 1. The molecule has 0 aliphatic carbocycles. The molecule has 1 saturated heterocycles. The smallest absolute Gasteiger partial charge is 0.0609 e. The van der Waals surface area contributed by atoms with E-state index >= 15 is 0 Å². The lowest BCUT2D eigenvalue weighted by molar-refractivity contribution is -0.0952. The number of piperidine rings is 1. The van der Waals surface area contributed by atoms with Crippen LogP contribution in [0.2, 0.25) is 0 Å². The number of terminal acetylenes is 1. The van der Waals surface area contributed by atoms with Crippen molar-refractivity contribution in [2.45, 2.75) is 64.6 Å². The maximum absolute atomic E-state index is 5.80. The van der Waals surface area contributed by atoms with Gasteiger partial charge < -0.3 is 4.74 Å². The van der Waals surface area contributed by atoms with E-state index in [0.717, 1.165) is 26.0 Å². The summed E-state index contributed by atoms with van der Waals surface area (Å²) < 4.78 is 5.80. The molecule has 0 amide bonds. The van der Waals surface area contributed by atoms with E-state index in [9.17, 15) is 0 Å². The van der Waals surface area contributed by atoms with Gasteiger partial charge in [0.25, 0.3) is 0 Å². The van der Waals surface area contributed by atoms with Gasteiger partial charge in [0.1, 0.15) is 0 Å². The molecule has 1 aliphatic heterocycles. The third-order valence-electron chi connectivity index (χ3n) is 3.57. The number of nitrogens with zero attached hydrogens (tertiary/aromatic N) is 1. The number of hydrogen-bond acceptors (Lipinski definition) is 2. The lowest BCUT2D eigenvalue weighted by Gasteiger charge is -2.54. The summed E-state index contributed by atoms with van der Waals surface area (Å²) in [5.41, 5.74) is 0.238. The minimum absolute atomic E-state index is 0.119. The average Bonchev–Trinajstić information content (AvgIpc) is 2.10. The molecule has 1 rings (SSSR count). The number of ether oxygens (including phenoxy) is 1. The summed E-state index contributed by atoms with van der Waals surface area (Å²) in [4.78, 5) is 2.43. The van der Waals surface area contributed by atoms with Crippen molar-refractivity contribution in [3.8, 4) is 12.3 Å². The Hall–Kier alpha value is -0.520. The van der Waals surface area contributed by atoms with Crippen LogP contribution in [-0.2, 0) is 4.74 Å². The first-order valence-electron chi connectivity index (χ1n) is 6.16. The maximum atomic E-state index is 5.80. The van der Waals surface area contributed by atoms with E-state index in [4.69, 9.17) is 11.2 Å². The van der Waals surface area contributed by atoms with E-state index in [0.29, 0.717) is 6.10 Å². The normalized spacial score (nSPS) is 25.2. The Morgan fingerprint density at radius 2 is 1.75 bits per heavy atom. The second-order valence-electron chi connectivity index (χ2n) is 5.90. The molecule has 1 heterocycles. The van der Waals surface area contributed by atoms with Crippen molar-refractivity contribution >= 4 is 0 Å². The van der Waals surface area contributed by atoms with Crippen molar-refractivity contribution in [2.24, 2.45) is 0 Å². The second kappa shape index (κ2) is 4.77. The Morgan fingerprint density at radius 3 is 2.12 bits per heavy atom. The van der Waals surface area contributed by atoms with Crippen molar-refractivity contribution in [3.63, 3.8) is 0 Å². The summed E-state index contributed by atoms with van der Waals surface area (Å²) in [6.45, 7) is 12.6. The molecule has 0 aromatic rings. The molecular formula is C14H25NO. The van der Waals surface area contributed by atoms with Gasteiger partial charge in [0.2, 0.25) is 0 Å². The van der Waals surface area contributed by atoms with Gasteiger partial charge in [-0.15, -0.1) is 6.42 Å². The Labute approximate surface area is 100 Å². The largest absolute Gasteiger partial charge is 0.378 e. The first kappa shape index (κ1) is 13.5. The SMILES string of the molecule is C#CCN1C(C)(C)CC(OCC)CC1(C)C. The van der Waals surface area contributed by atoms with Crippen LogP contribution < -0.4 is 0 Å². The van der Waals surface area contributed by atoms with Gasteiger partial charge in [-0.2, -0.15) is 0 Å². The van der Waals surface area contributed by atoms with Gasteiger partial charge in [-0.25, -0.2) is 0 Å². The zero-order chi connectivity index (χ0) is 12.4. The topological polar surface area (TPSA) is 12.5 Å². The van der Waals surface area contributed by atoms with Crippen molar-refractivity contribution in [1.29, 1.82) is 0 Å². The Kier molecular flexibility index (Phi) is 4.04. The van der Waals surface area contributed by atoms with Gasteiger partial charge in [0.15, 0.2) is 0 Å². The molecular weight excluding hydrogens is 198 g/mol. The average molecular weight is 223 g/mol. The summed E-state index contributed by atoms with van der Waals surface area (Å²) in [7, 11) is 0. The molecule has 16 heavy (non-hydrogen) atoms. The zero-order valence-corrected chi connectivity index (χ0v) is 11.3. The van der Waals surface area contributed by atoms with E-state index in [-0.39, 0.29) is 11.1 Å². The number of rotatable bonds is 3. The standard InChI is InChI=1S/C14H25NO/c1-7-9-15-13(3,4)10-12(16-8-2)11-14(15,5)6/h1,12H,8-11H2,2-6H3.